The smallest absolute Gasteiger partial charge is 0.239 e. The van der Waals surface area contributed by atoms with Crippen molar-refractivity contribution >= 4 is 17.5 Å². The Hall–Kier alpha value is -1.26. The molecule has 0 bridgehead atoms. The van der Waals surface area contributed by atoms with Gasteiger partial charge in [0.15, 0.2) is 0 Å². The molecule has 1 saturated heterocycles. The van der Waals surface area contributed by atoms with Gasteiger partial charge in [0.1, 0.15) is 11.9 Å². The molecule has 122 valence electrons. The van der Waals surface area contributed by atoms with Crippen LogP contribution in [0.4, 0.5) is 0 Å². The van der Waals surface area contributed by atoms with E-state index in [0.29, 0.717) is 5.02 Å². The molecule has 1 amide bonds. The van der Waals surface area contributed by atoms with Crippen molar-refractivity contribution in [1.29, 1.82) is 0 Å². The van der Waals surface area contributed by atoms with Gasteiger partial charge in [0.05, 0.1) is 6.04 Å². The number of carbonyl (C=O) groups is 1. The van der Waals surface area contributed by atoms with Gasteiger partial charge in [-0.1, -0.05) is 31.0 Å². The molecule has 0 radical (unpaired) electrons. The van der Waals surface area contributed by atoms with Crippen molar-refractivity contribution in [3.63, 3.8) is 0 Å². The topological polar surface area (TPSA) is 41.6 Å². The Morgan fingerprint density at radius 2 is 2.18 bits per heavy atom. The molecule has 2 rings (SSSR count). The molecule has 5 heteroatoms. The van der Waals surface area contributed by atoms with Crippen LogP contribution >= 0.6 is 11.6 Å². The van der Waals surface area contributed by atoms with E-state index in [0.717, 1.165) is 44.5 Å². The van der Waals surface area contributed by atoms with Gasteiger partial charge in [0.25, 0.3) is 0 Å². The Morgan fingerprint density at radius 3 is 2.77 bits per heavy atom. The van der Waals surface area contributed by atoms with Crippen molar-refractivity contribution in [2.75, 3.05) is 20.1 Å². The zero-order valence-electron chi connectivity index (χ0n) is 13.3. The Bertz CT molecular complexity index is 487. The molecule has 1 fully saturated rings. The number of likely N-dealkylation sites (tertiary alicyclic amines) is 1. The fraction of sp³-hybridized carbons (Fsp3) is 0.588. The van der Waals surface area contributed by atoms with Gasteiger partial charge in [-0.2, -0.15) is 0 Å². The van der Waals surface area contributed by atoms with Gasteiger partial charge in [0.2, 0.25) is 5.91 Å². The maximum Gasteiger partial charge on any atom is 0.239 e. The second-order valence-electron chi connectivity index (χ2n) is 5.73. The first kappa shape index (κ1) is 17.1. The summed E-state index contributed by atoms with van der Waals surface area (Å²) in [6.07, 6.45) is 3.77. The Kier molecular flexibility index (Phi) is 6.52. The van der Waals surface area contributed by atoms with E-state index in [-0.39, 0.29) is 18.1 Å². The zero-order chi connectivity index (χ0) is 15.9. The fourth-order valence-corrected chi connectivity index (χ4v) is 3.01. The van der Waals surface area contributed by atoms with Gasteiger partial charge >= 0.3 is 0 Å². The number of hydrogen-bond donors (Lipinski definition) is 1. The van der Waals surface area contributed by atoms with E-state index in [1.54, 1.807) is 0 Å². The molecule has 1 unspecified atom stereocenters. The van der Waals surface area contributed by atoms with E-state index in [2.05, 4.69) is 12.2 Å². The molecule has 0 saturated carbocycles. The lowest BCUT2D eigenvalue weighted by molar-refractivity contribution is -0.135. The normalized spacial score (nSPS) is 17.3. The summed E-state index contributed by atoms with van der Waals surface area (Å²) in [5, 5.41) is 3.80. The third-order valence-electron chi connectivity index (χ3n) is 4.08. The molecule has 1 aliphatic rings. The maximum absolute atomic E-state index is 12.4. The molecule has 4 nitrogen and oxygen atoms in total. The molecule has 0 aliphatic carbocycles. The highest BCUT2D eigenvalue weighted by Crippen LogP contribution is 2.22. The SMILES string of the molecule is CCCC(NC)C(=O)N1CCC(Oc2cccc(Cl)c2)CC1. The molecule has 1 aliphatic heterocycles. The summed E-state index contributed by atoms with van der Waals surface area (Å²) in [4.78, 5) is 14.4. The maximum atomic E-state index is 12.4. The molecule has 1 atom stereocenters. The van der Waals surface area contributed by atoms with Crippen LogP contribution in [0.3, 0.4) is 0 Å². The molecule has 0 spiro atoms. The first-order valence-corrected chi connectivity index (χ1v) is 8.40. The third-order valence-corrected chi connectivity index (χ3v) is 4.31. The quantitative estimate of drug-likeness (QED) is 0.874. The summed E-state index contributed by atoms with van der Waals surface area (Å²) in [5.74, 6) is 1.02. The van der Waals surface area contributed by atoms with Gasteiger partial charge in [-0.25, -0.2) is 0 Å². The highest BCUT2D eigenvalue weighted by molar-refractivity contribution is 6.30. The van der Waals surface area contributed by atoms with E-state index in [9.17, 15) is 4.79 Å². The van der Waals surface area contributed by atoms with Crippen LogP contribution in [0.5, 0.6) is 5.75 Å². The number of halogens is 1. The summed E-state index contributed by atoms with van der Waals surface area (Å²) in [6, 6.07) is 7.41. The highest BCUT2D eigenvalue weighted by atomic mass is 35.5. The Balaban J connectivity index is 1.83. The number of piperidine rings is 1. The zero-order valence-corrected chi connectivity index (χ0v) is 14.1. The summed E-state index contributed by atoms with van der Waals surface area (Å²) in [6.45, 7) is 3.61. The first-order valence-electron chi connectivity index (χ1n) is 8.02. The average molecular weight is 325 g/mol. The number of nitrogens with one attached hydrogen (secondary N) is 1. The lowest BCUT2D eigenvalue weighted by Gasteiger charge is -2.34. The molecular weight excluding hydrogens is 300 g/mol. The number of benzene rings is 1. The van der Waals surface area contributed by atoms with Crippen LogP contribution in [0.2, 0.25) is 5.02 Å². The minimum Gasteiger partial charge on any atom is -0.490 e. The van der Waals surface area contributed by atoms with Crippen molar-refractivity contribution in [3.05, 3.63) is 29.3 Å². The Labute approximate surface area is 137 Å². The molecule has 1 heterocycles. The van der Waals surface area contributed by atoms with Crippen LogP contribution in [0, 0.1) is 0 Å². The van der Waals surface area contributed by atoms with Crippen molar-refractivity contribution < 1.29 is 9.53 Å². The van der Waals surface area contributed by atoms with Gasteiger partial charge in [-0.3, -0.25) is 4.79 Å². The number of amides is 1. The van der Waals surface area contributed by atoms with Crippen LogP contribution in [0.1, 0.15) is 32.6 Å². The summed E-state index contributed by atoms with van der Waals surface area (Å²) >= 11 is 5.97. The van der Waals surface area contributed by atoms with E-state index >= 15 is 0 Å². The predicted molar refractivity (Wildman–Crippen MR) is 89.4 cm³/mol. The number of carbonyl (C=O) groups excluding carboxylic acids is 1. The van der Waals surface area contributed by atoms with Crippen LogP contribution < -0.4 is 10.1 Å². The standard InChI is InChI=1S/C17H25ClN2O2/c1-3-5-16(19-2)17(21)20-10-8-14(9-11-20)22-15-7-4-6-13(18)12-15/h4,6-7,12,14,16,19H,3,5,8-11H2,1-2H3. The van der Waals surface area contributed by atoms with E-state index in [4.69, 9.17) is 16.3 Å². The summed E-state index contributed by atoms with van der Waals surface area (Å²) in [7, 11) is 1.85. The number of rotatable bonds is 6. The molecule has 1 N–H and O–H groups in total. The van der Waals surface area contributed by atoms with Gasteiger partial charge < -0.3 is 15.0 Å². The molecular formula is C17H25ClN2O2. The van der Waals surface area contributed by atoms with Crippen LogP contribution in [-0.4, -0.2) is 43.1 Å². The van der Waals surface area contributed by atoms with Crippen LogP contribution in [0.15, 0.2) is 24.3 Å². The number of likely N-dealkylation sites (N-methyl/N-ethyl adjacent to an activating group) is 1. The lowest BCUT2D eigenvalue weighted by Crippen LogP contribution is -2.49. The second-order valence-corrected chi connectivity index (χ2v) is 6.17. The second kappa shape index (κ2) is 8.39. The summed E-state index contributed by atoms with van der Waals surface area (Å²) in [5.41, 5.74) is 0. The molecule has 22 heavy (non-hydrogen) atoms. The summed E-state index contributed by atoms with van der Waals surface area (Å²) < 4.78 is 5.96. The highest BCUT2D eigenvalue weighted by Gasteiger charge is 2.27. The number of nitrogens with zero attached hydrogens (tertiary/aromatic N) is 1. The minimum absolute atomic E-state index is 0.0598. The largest absolute Gasteiger partial charge is 0.490 e. The fourth-order valence-electron chi connectivity index (χ4n) is 2.83. The molecule has 1 aromatic carbocycles. The lowest BCUT2D eigenvalue weighted by atomic mass is 10.0. The van der Waals surface area contributed by atoms with E-state index in [1.807, 2.05) is 36.2 Å². The van der Waals surface area contributed by atoms with Crippen molar-refractivity contribution in [1.82, 2.24) is 10.2 Å². The van der Waals surface area contributed by atoms with Gasteiger partial charge in [-0.05, 0) is 31.7 Å². The Morgan fingerprint density at radius 1 is 1.45 bits per heavy atom. The first-order chi connectivity index (χ1) is 10.6. The molecule has 1 aromatic rings. The predicted octanol–water partition coefficient (Wildman–Crippen LogP) is 3.10. The van der Waals surface area contributed by atoms with Crippen molar-refractivity contribution in [2.24, 2.45) is 0 Å². The monoisotopic (exact) mass is 324 g/mol. The molecule has 0 aromatic heterocycles. The van der Waals surface area contributed by atoms with Crippen molar-refractivity contribution in [2.45, 2.75) is 44.8 Å². The third kappa shape index (κ3) is 4.62. The average Bonchev–Trinajstić information content (AvgIpc) is 2.53. The van der Waals surface area contributed by atoms with E-state index in [1.165, 1.54) is 0 Å². The minimum atomic E-state index is -0.0598. The van der Waals surface area contributed by atoms with Gasteiger partial charge in [0, 0.05) is 31.0 Å². The number of hydrogen-bond acceptors (Lipinski definition) is 3. The van der Waals surface area contributed by atoms with Crippen LogP contribution in [-0.2, 0) is 4.79 Å². The van der Waals surface area contributed by atoms with E-state index < -0.39 is 0 Å². The van der Waals surface area contributed by atoms with Crippen molar-refractivity contribution in [3.8, 4) is 5.75 Å². The van der Waals surface area contributed by atoms with Crippen LogP contribution in [0.25, 0.3) is 0 Å². The number of ether oxygens (including phenoxy) is 1. The van der Waals surface area contributed by atoms with Gasteiger partial charge in [-0.15, -0.1) is 0 Å².